The highest BCUT2D eigenvalue weighted by Crippen LogP contribution is 2.35. The van der Waals surface area contributed by atoms with E-state index in [4.69, 9.17) is 13.9 Å². The highest BCUT2D eigenvalue weighted by molar-refractivity contribution is 7.99. The molecule has 1 aliphatic rings. The summed E-state index contributed by atoms with van der Waals surface area (Å²) < 4.78 is 29.9. The Labute approximate surface area is 152 Å². The second-order valence-corrected chi connectivity index (χ2v) is 6.42. The van der Waals surface area contributed by atoms with Crippen LogP contribution in [0.3, 0.4) is 0 Å². The van der Waals surface area contributed by atoms with E-state index >= 15 is 0 Å². The smallest absolute Gasteiger partial charge is 0.277 e. The fourth-order valence-corrected chi connectivity index (χ4v) is 3.06. The number of halogens is 1. The summed E-state index contributed by atoms with van der Waals surface area (Å²) >= 11 is 1.12. The van der Waals surface area contributed by atoms with Crippen LogP contribution in [-0.4, -0.2) is 28.3 Å². The van der Waals surface area contributed by atoms with E-state index in [1.807, 2.05) is 18.2 Å². The molecule has 1 aliphatic heterocycles. The summed E-state index contributed by atoms with van der Waals surface area (Å²) in [5, 5.41) is 8.16. The predicted octanol–water partition coefficient (Wildman–Crippen LogP) is 3.70. The molecule has 26 heavy (non-hydrogen) atoms. The zero-order valence-electron chi connectivity index (χ0n) is 13.4. The Balaban J connectivity index is 1.38. The summed E-state index contributed by atoms with van der Waals surface area (Å²) in [5.41, 5.74) is 0.430. The van der Waals surface area contributed by atoms with E-state index in [0.717, 1.165) is 11.8 Å². The first kappa shape index (κ1) is 16.6. The first-order valence-corrected chi connectivity index (χ1v) is 8.81. The van der Waals surface area contributed by atoms with Crippen LogP contribution in [0, 0.1) is 5.82 Å². The van der Waals surface area contributed by atoms with E-state index in [2.05, 4.69) is 10.2 Å². The summed E-state index contributed by atoms with van der Waals surface area (Å²) in [6.07, 6.45) is -0.500. The minimum absolute atomic E-state index is 0.109. The Morgan fingerprint density at radius 1 is 1.12 bits per heavy atom. The number of aromatic nitrogens is 2. The van der Waals surface area contributed by atoms with Crippen LogP contribution in [0.2, 0.25) is 0 Å². The molecule has 0 amide bonds. The minimum atomic E-state index is -0.500. The molecular formula is C18H13FN2O4S. The Bertz CT molecular complexity index is 929. The van der Waals surface area contributed by atoms with Gasteiger partial charge in [-0.1, -0.05) is 23.9 Å². The van der Waals surface area contributed by atoms with Crippen molar-refractivity contribution in [2.75, 3.05) is 12.4 Å². The van der Waals surface area contributed by atoms with E-state index in [1.54, 1.807) is 6.07 Å². The predicted molar refractivity (Wildman–Crippen MR) is 91.1 cm³/mol. The van der Waals surface area contributed by atoms with E-state index in [-0.39, 0.29) is 35.1 Å². The number of fused-ring (bicyclic) bond motifs is 1. The van der Waals surface area contributed by atoms with Crippen molar-refractivity contribution in [3.05, 3.63) is 65.8 Å². The topological polar surface area (TPSA) is 74.5 Å². The number of nitrogens with zero attached hydrogens (tertiary/aromatic N) is 2. The van der Waals surface area contributed by atoms with E-state index < -0.39 is 6.10 Å². The van der Waals surface area contributed by atoms with Crippen LogP contribution in [0.1, 0.15) is 22.4 Å². The summed E-state index contributed by atoms with van der Waals surface area (Å²) in [7, 11) is 0. The molecule has 2 aromatic carbocycles. The zero-order chi connectivity index (χ0) is 17.9. The maximum atomic E-state index is 12.9. The Kier molecular flexibility index (Phi) is 4.57. The maximum Gasteiger partial charge on any atom is 0.277 e. The van der Waals surface area contributed by atoms with Gasteiger partial charge < -0.3 is 13.9 Å². The third kappa shape index (κ3) is 3.55. The number of carbonyl (C=O) groups excluding carboxylic acids is 1. The quantitative estimate of drug-likeness (QED) is 0.499. The van der Waals surface area contributed by atoms with Crippen LogP contribution in [0.15, 0.2) is 58.2 Å². The first-order valence-electron chi connectivity index (χ1n) is 7.82. The van der Waals surface area contributed by atoms with Gasteiger partial charge in [0.2, 0.25) is 6.10 Å². The number of para-hydroxylation sites is 2. The van der Waals surface area contributed by atoms with E-state index in [9.17, 15) is 9.18 Å². The largest absolute Gasteiger partial charge is 0.485 e. The summed E-state index contributed by atoms with van der Waals surface area (Å²) in [6, 6.07) is 12.7. The van der Waals surface area contributed by atoms with Gasteiger partial charge in [0.15, 0.2) is 17.3 Å². The van der Waals surface area contributed by atoms with Crippen molar-refractivity contribution in [3.63, 3.8) is 0 Å². The molecule has 132 valence electrons. The van der Waals surface area contributed by atoms with Gasteiger partial charge >= 0.3 is 0 Å². The van der Waals surface area contributed by atoms with Gasteiger partial charge in [0.1, 0.15) is 12.4 Å². The maximum absolute atomic E-state index is 12.9. The van der Waals surface area contributed by atoms with E-state index in [0.29, 0.717) is 17.1 Å². The average molecular weight is 372 g/mol. The first-order chi connectivity index (χ1) is 12.7. The van der Waals surface area contributed by atoms with Crippen molar-refractivity contribution < 1.29 is 23.1 Å². The van der Waals surface area contributed by atoms with E-state index in [1.165, 1.54) is 24.3 Å². The number of benzene rings is 2. The molecule has 3 aromatic rings. The van der Waals surface area contributed by atoms with Crippen molar-refractivity contribution in [2.45, 2.75) is 11.3 Å². The van der Waals surface area contributed by atoms with Gasteiger partial charge in [-0.05, 0) is 36.4 Å². The Morgan fingerprint density at radius 2 is 1.88 bits per heavy atom. The summed E-state index contributed by atoms with van der Waals surface area (Å²) in [6.45, 7) is 0.262. The number of carbonyl (C=O) groups is 1. The molecule has 4 rings (SSSR count). The molecule has 0 N–H and O–H groups in total. The fourth-order valence-electron chi connectivity index (χ4n) is 2.40. The van der Waals surface area contributed by atoms with Crippen LogP contribution in [0.25, 0.3) is 0 Å². The van der Waals surface area contributed by atoms with Crippen molar-refractivity contribution in [1.29, 1.82) is 0 Å². The molecule has 6 nitrogen and oxygen atoms in total. The Morgan fingerprint density at radius 3 is 2.69 bits per heavy atom. The lowest BCUT2D eigenvalue weighted by Gasteiger charge is -2.23. The molecule has 0 spiro atoms. The fraction of sp³-hybridized carbons (Fsp3) is 0.167. The molecule has 0 aliphatic carbocycles. The molecule has 0 saturated heterocycles. The zero-order valence-corrected chi connectivity index (χ0v) is 14.2. The second-order valence-electron chi connectivity index (χ2n) is 5.49. The molecule has 0 fully saturated rings. The third-order valence-corrected chi connectivity index (χ3v) is 4.52. The van der Waals surface area contributed by atoms with Gasteiger partial charge in [-0.3, -0.25) is 4.79 Å². The number of ketones is 1. The standard InChI is InChI=1S/C18H13FN2O4S/c19-12-7-5-11(6-8-12)13(22)10-26-18-21-20-17(25-18)16-9-23-14-3-1-2-4-15(14)24-16/h1-8,16H,9-10H2/t16-/m1/s1. The number of ether oxygens (including phenoxy) is 2. The monoisotopic (exact) mass is 372 g/mol. The van der Waals surface area contributed by atoms with Crippen molar-refractivity contribution in [3.8, 4) is 11.5 Å². The molecule has 1 aromatic heterocycles. The van der Waals surface area contributed by atoms with Crippen molar-refractivity contribution in [1.82, 2.24) is 10.2 Å². The highest BCUT2D eigenvalue weighted by atomic mass is 32.2. The third-order valence-electron chi connectivity index (χ3n) is 3.70. The van der Waals surface area contributed by atoms with Gasteiger partial charge in [-0.25, -0.2) is 4.39 Å². The lowest BCUT2D eigenvalue weighted by Crippen LogP contribution is -2.21. The summed E-state index contributed by atoms with van der Waals surface area (Å²) in [5.74, 6) is 1.15. The molecule has 0 bridgehead atoms. The van der Waals surface area contributed by atoms with Crippen molar-refractivity contribution >= 4 is 17.5 Å². The number of rotatable bonds is 5. The van der Waals surface area contributed by atoms with Crippen LogP contribution in [0.5, 0.6) is 11.5 Å². The SMILES string of the molecule is O=C(CSc1nnc([C@H]2COc3ccccc3O2)o1)c1ccc(F)cc1. The van der Waals surface area contributed by atoms with Gasteiger partial charge in [-0.15, -0.1) is 10.2 Å². The second kappa shape index (κ2) is 7.17. The molecule has 1 atom stereocenters. The highest BCUT2D eigenvalue weighted by Gasteiger charge is 2.27. The van der Waals surface area contributed by atoms with Crippen LogP contribution < -0.4 is 9.47 Å². The number of thioether (sulfide) groups is 1. The molecule has 0 saturated carbocycles. The number of Topliss-reactive ketones (excluding diaryl/α,β-unsaturated/α-hetero) is 1. The van der Waals surface area contributed by atoms with Gasteiger partial charge in [0.25, 0.3) is 11.1 Å². The Hall–Kier alpha value is -2.87. The lowest BCUT2D eigenvalue weighted by atomic mass is 10.1. The average Bonchev–Trinajstić information content (AvgIpc) is 3.15. The molecule has 0 unspecified atom stereocenters. The molecule has 2 heterocycles. The number of hydrogen-bond acceptors (Lipinski definition) is 7. The van der Waals surface area contributed by atoms with Crippen LogP contribution in [0.4, 0.5) is 4.39 Å². The summed E-state index contributed by atoms with van der Waals surface area (Å²) in [4.78, 5) is 12.1. The normalized spacial score (nSPS) is 15.7. The number of hydrogen-bond donors (Lipinski definition) is 0. The minimum Gasteiger partial charge on any atom is -0.485 e. The van der Waals surface area contributed by atoms with Gasteiger partial charge in [0.05, 0.1) is 5.75 Å². The van der Waals surface area contributed by atoms with Crippen LogP contribution >= 0.6 is 11.8 Å². The van der Waals surface area contributed by atoms with Gasteiger partial charge in [0, 0.05) is 5.56 Å². The lowest BCUT2D eigenvalue weighted by molar-refractivity contribution is 0.0686. The van der Waals surface area contributed by atoms with Crippen molar-refractivity contribution in [2.24, 2.45) is 0 Å². The van der Waals surface area contributed by atoms with Gasteiger partial charge in [-0.2, -0.15) is 0 Å². The van der Waals surface area contributed by atoms with Crippen LogP contribution in [-0.2, 0) is 0 Å². The molecule has 8 heteroatoms. The molecule has 0 radical (unpaired) electrons. The molecular weight excluding hydrogens is 359 g/mol.